The maximum Gasteiger partial charge on any atom is 0.498 e. The maximum absolute atomic E-state index is 9.43. The van der Waals surface area contributed by atoms with Gasteiger partial charge in [-0.25, -0.2) is 9.97 Å². The summed E-state index contributed by atoms with van der Waals surface area (Å²) in [5, 5.41) is 9.43. The molecule has 22 heavy (non-hydrogen) atoms. The summed E-state index contributed by atoms with van der Waals surface area (Å²) in [7, 11) is -0.489. The van der Waals surface area contributed by atoms with Gasteiger partial charge in [0, 0.05) is 24.5 Å². The Balaban J connectivity index is 1.83. The summed E-state index contributed by atoms with van der Waals surface area (Å²) in [5.74, 6) is 0.507. The van der Waals surface area contributed by atoms with Gasteiger partial charge >= 0.3 is 7.12 Å². The van der Waals surface area contributed by atoms with Crippen LogP contribution in [0.15, 0.2) is 12.4 Å². The average Bonchev–Trinajstić information content (AvgIpc) is 3.03. The molecule has 0 N–H and O–H groups in total. The van der Waals surface area contributed by atoms with E-state index in [1.165, 1.54) is 0 Å². The van der Waals surface area contributed by atoms with Gasteiger partial charge in [-0.1, -0.05) is 0 Å². The van der Waals surface area contributed by atoms with E-state index in [1.54, 1.807) is 12.4 Å². The summed E-state index contributed by atoms with van der Waals surface area (Å²) < 4.78 is 17.3. The van der Waals surface area contributed by atoms with E-state index in [1.807, 2.05) is 27.7 Å². The minimum atomic E-state index is -0.728. The summed E-state index contributed by atoms with van der Waals surface area (Å²) >= 11 is 0. The molecule has 0 amide bonds. The van der Waals surface area contributed by atoms with Gasteiger partial charge in [-0.15, -0.1) is 0 Å². The Labute approximate surface area is 130 Å². The molecule has 0 aliphatic carbocycles. The van der Waals surface area contributed by atoms with Crippen molar-refractivity contribution >= 4 is 12.6 Å². The first-order valence-electron chi connectivity index (χ1n) is 7.47. The lowest BCUT2D eigenvalue weighted by molar-refractivity contribution is 0.00578. The zero-order valence-corrected chi connectivity index (χ0v) is 13.4. The van der Waals surface area contributed by atoms with Crippen molar-refractivity contribution in [1.29, 1.82) is 5.26 Å². The molecule has 6 nitrogen and oxygen atoms in total. The second-order valence-corrected chi connectivity index (χ2v) is 6.92. The third-order valence-corrected chi connectivity index (χ3v) is 4.86. The third-order valence-electron chi connectivity index (χ3n) is 4.86. The molecule has 0 radical (unpaired) electrons. The second kappa shape index (κ2) is 5.02. The molecule has 7 heteroatoms. The quantitative estimate of drug-likeness (QED) is 0.757. The summed E-state index contributed by atoms with van der Waals surface area (Å²) in [4.78, 5) is 8.74. The number of hydrogen-bond acceptors (Lipinski definition) is 6. The van der Waals surface area contributed by atoms with E-state index in [0.29, 0.717) is 25.5 Å². The van der Waals surface area contributed by atoms with Crippen molar-refractivity contribution < 1.29 is 14.0 Å². The van der Waals surface area contributed by atoms with Crippen molar-refractivity contribution in [3.8, 4) is 6.07 Å². The standard InChI is InChI=1S/C15H20BN3O3/c1-13(2)14(3,4)22-16(21-13)11-7-18-12(19-8-11)15(9-17)5-6-20-10-15/h7-8H,5-6,10H2,1-4H3/t15-/m0/s1. The van der Waals surface area contributed by atoms with E-state index in [2.05, 4.69) is 16.0 Å². The zero-order valence-electron chi connectivity index (χ0n) is 13.4. The normalized spacial score (nSPS) is 29.5. The molecule has 116 valence electrons. The van der Waals surface area contributed by atoms with Crippen LogP contribution in [0.3, 0.4) is 0 Å². The molecule has 0 saturated carbocycles. The molecule has 3 rings (SSSR count). The molecule has 3 heterocycles. The number of hydrogen-bond donors (Lipinski definition) is 0. The van der Waals surface area contributed by atoms with Crippen LogP contribution >= 0.6 is 0 Å². The van der Waals surface area contributed by atoms with Crippen molar-refractivity contribution in [2.75, 3.05) is 13.2 Å². The lowest BCUT2D eigenvalue weighted by atomic mass is 9.81. The highest BCUT2D eigenvalue weighted by molar-refractivity contribution is 6.61. The first-order valence-corrected chi connectivity index (χ1v) is 7.47. The highest BCUT2D eigenvalue weighted by atomic mass is 16.7. The smallest absolute Gasteiger partial charge is 0.399 e. The minimum absolute atomic E-state index is 0.347. The topological polar surface area (TPSA) is 77.3 Å². The molecule has 2 saturated heterocycles. The van der Waals surface area contributed by atoms with Gasteiger partial charge in [0.2, 0.25) is 0 Å². The molecule has 2 aliphatic rings. The van der Waals surface area contributed by atoms with Crippen LogP contribution in [0.5, 0.6) is 0 Å². The van der Waals surface area contributed by atoms with Crippen LogP contribution in [0.25, 0.3) is 0 Å². The van der Waals surface area contributed by atoms with Gasteiger partial charge in [-0.05, 0) is 34.1 Å². The molecule has 0 aromatic carbocycles. The molecule has 2 aliphatic heterocycles. The summed E-state index contributed by atoms with van der Waals surface area (Å²) in [6, 6.07) is 2.30. The molecule has 2 fully saturated rings. The number of nitriles is 1. The van der Waals surface area contributed by atoms with Gasteiger partial charge in [0.15, 0.2) is 5.82 Å². The first-order chi connectivity index (χ1) is 10.3. The van der Waals surface area contributed by atoms with Gasteiger partial charge in [0.1, 0.15) is 5.41 Å². The van der Waals surface area contributed by atoms with Crippen LogP contribution in [-0.2, 0) is 19.5 Å². The SMILES string of the molecule is CC1(C)OB(c2cnc([C@]3(C#N)CCOC3)nc2)OC1(C)C. The summed E-state index contributed by atoms with van der Waals surface area (Å²) in [6.07, 6.45) is 3.99. The molecule has 0 bridgehead atoms. The average molecular weight is 301 g/mol. The molecule has 0 spiro atoms. The van der Waals surface area contributed by atoms with E-state index in [-0.39, 0.29) is 0 Å². The fourth-order valence-corrected chi connectivity index (χ4v) is 2.57. The number of rotatable bonds is 2. The van der Waals surface area contributed by atoms with E-state index in [0.717, 1.165) is 5.46 Å². The molecular formula is C15H20BN3O3. The first kappa shape index (κ1) is 15.4. The van der Waals surface area contributed by atoms with E-state index in [4.69, 9.17) is 14.0 Å². The Hall–Kier alpha value is -1.49. The van der Waals surface area contributed by atoms with Crippen molar-refractivity contribution in [3.05, 3.63) is 18.2 Å². The van der Waals surface area contributed by atoms with Crippen LogP contribution in [0.2, 0.25) is 0 Å². The Morgan fingerprint density at radius 1 is 1.14 bits per heavy atom. The molecule has 1 aromatic heterocycles. The predicted octanol–water partition coefficient (Wildman–Crippen LogP) is 0.957. The van der Waals surface area contributed by atoms with E-state index < -0.39 is 23.7 Å². The zero-order chi connectivity index (χ0) is 16.0. The van der Waals surface area contributed by atoms with Crippen molar-refractivity contribution in [2.45, 2.75) is 50.7 Å². The monoisotopic (exact) mass is 301 g/mol. The number of aromatic nitrogens is 2. The lowest BCUT2D eigenvalue weighted by Crippen LogP contribution is -2.41. The van der Waals surface area contributed by atoms with Crippen LogP contribution < -0.4 is 5.46 Å². The Bertz CT molecular complexity index is 587. The highest BCUT2D eigenvalue weighted by Gasteiger charge is 2.52. The van der Waals surface area contributed by atoms with Crippen molar-refractivity contribution in [3.63, 3.8) is 0 Å². The number of nitrogens with zero attached hydrogens (tertiary/aromatic N) is 3. The molecule has 1 aromatic rings. The van der Waals surface area contributed by atoms with Crippen molar-refractivity contribution in [1.82, 2.24) is 9.97 Å². The van der Waals surface area contributed by atoms with Crippen LogP contribution in [0.1, 0.15) is 39.9 Å². The van der Waals surface area contributed by atoms with Gasteiger partial charge in [0.25, 0.3) is 0 Å². The Morgan fingerprint density at radius 2 is 1.73 bits per heavy atom. The van der Waals surface area contributed by atoms with Gasteiger partial charge in [-0.2, -0.15) is 5.26 Å². The molecule has 0 unspecified atom stereocenters. The van der Waals surface area contributed by atoms with Crippen LogP contribution in [0.4, 0.5) is 0 Å². The van der Waals surface area contributed by atoms with Gasteiger partial charge in [0.05, 0.1) is 23.9 Å². The van der Waals surface area contributed by atoms with Gasteiger partial charge in [-0.3, -0.25) is 0 Å². The van der Waals surface area contributed by atoms with Crippen molar-refractivity contribution in [2.24, 2.45) is 0 Å². The fourth-order valence-electron chi connectivity index (χ4n) is 2.57. The predicted molar refractivity (Wildman–Crippen MR) is 80.5 cm³/mol. The summed E-state index contributed by atoms with van der Waals surface area (Å²) in [6.45, 7) is 8.92. The van der Waals surface area contributed by atoms with E-state index >= 15 is 0 Å². The van der Waals surface area contributed by atoms with Crippen LogP contribution in [0, 0.1) is 11.3 Å². The maximum atomic E-state index is 9.43. The van der Waals surface area contributed by atoms with Crippen LogP contribution in [-0.4, -0.2) is 41.5 Å². The molecule has 1 atom stereocenters. The minimum Gasteiger partial charge on any atom is -0.399 e. The Kier molecular flexibility index (Phi) is 3.51. The summed E-state index contributed by atoms with van der Waals surface area (Å²) in [5.41, 5.74) is -0.768. The Morgan fingerprint density at radius 3 is 2.18 bits per heavy atom. The fraction of sp³-hybridized carbons (Fsp3) is 0.667. The number of ether oxygens (including phenoxy) is 1. The highest BCUT2D eigenvalue weighted by Crippen LogP contribution is 2.36. The second-order valence-electron chi connectivity index (χ2n) is 6.92. The molecular weight excluding hydrogens is 281 g/mol. The lowest BCUT2D eigenvalue weighted by Gasteiger charge is -2.32. The third kappa shape index (κ3) is 2.32. The largest absolute Gasteiger partial charge is 0.498 e. The van der Waals surface area contributed by atoms with Gasteiger partial charge < -0.3 is 14.0 Å². The van der Waals surface area contributed by atoms with E-state index in [9.17, 15) is 5.26 Å².